The van der Waals surface area contributed by atoms with Gasteiger partial charge in [0.25, 0.3) is 0 Å². The van der Waals surface area contributed by atoms with Crippen LogP contribution in [0.25, 0.3) is 0 Å². The van der Waals surface area contributed by atoms with Crippen LogP contribution in [0.3, 0.4) is 0 Å². The van der Waals surface area contributed by atoms with Gasteiger partial charge in [0.05, 0.1) is 13.7 Å². The summed E-state index contributed by atoms with van der Waals surface area (Å²) in [6, 6.07) is 5.70. The zero-order valence-electron chi connectivity index (χ0n) is 13.5. The number of benzene rings is 1. The monoisotopic (exact) mass is 429 g/mol. The van der Waals surface area contributed by atoms with E-state index in [-0.39, 0.29) is 30.6 Å². The van der Waals surface area contributed by atoms with Crippen molar-refractivity contribution in [2.75, 3.05) is 26.8 Å². The Kier molecular flexibility index (Phi) is 8.62. The summed E-state index contributed by atoms with van der Waals surface area (Å²) >= 11 is 0. The molecule has 0 unspecified atom stereocenters. The molecule has 126 valence electrons. The molecule has 1 aliphatic heterocycles. The van der Waals surface area contributed by atoms with Crippen molar-refractivity contribution >= 4 is 29.9 Å². The largest absolute Gasteiger partial charge is 0.493 e. The lowest BCUT2D eigenvalue weighted by Gasteiger charge is -2.27. The maximum absolute atomic E-state index is 6.06. The number of ether oxygens (including phenoxy) is 2. The Bertz CT molecular complexity index is 563. The Labute approximate surface area is 155 Å². The van der Waals surface area contributed by atoms with Gasteiger partial charge >= 0.3 is 0 Å². The van der Waals surface area contributed by atoms with Crippen LogP contribution in [0.5, 0.6) is 11.5 Å². The Balaban J connectivity index is 0.00000264. The smallest absolute Gasteiger partial charge is 0.191 e. The second-order valence-corrected chi connectivity index (χ2v) is 5.20. The molecule has 6 heteroatoms. The van der Waals surface area contributed by atoms with Crippen LogP contribution < -0.4 is 15.2 Å². The van der Waals surface area contributed by atoms with Gasteiger partial charge in [-0.1, -0.05) is 12.0 Å². The zero-order valence-corrected chi connectivity index (χ0v) is 15.8. The summed E-state index contributed by atoms with van der Waals surface area (Å²) in [7, 11) is 1.60. The Morgan fingerprint density at radius 1 is 1.30 bits per heavy atom. The van der Waals surface area contributed by atoms with Gasteiger partial charge in [-0.3, -0.25) is 0 Å². The van der Waals surface area contributed by atoms with Crippen LogP contribution >= 0.6 is 24.0 Å². The maximum atomic E-state index is 6.06. The predicted octanol–water partition coefficient (Wildman–Crippen LogP) is 2.63. The molecular weight excluding hydrogens is 405 g/mol. The summed E-state index contributed by atoms with van der Waals surface area (Å²) in [4.78, 5) is 6.62. The van der Waals surface area contributed by atoms with Gasteiger partial charge in [-0.05, 0) is 37.0 Å². The summed E-state index contributed by atoms with van der Waals surface area (Å²) in [6.45, 7) is 2.71. The molecule has 1 aromatic carbocycles. The molecule has 2 N–H and O–H groups in total. The molecule has 1 fully saturated rings. The minimum Gasteiger partial charge on any atom is -0.493 e. The second-order valence-electron chi connectivity index (χ2n) is 5.20. The minimum atomic E-state index is 0. The first kappa shape index (κ1) is 19.4. The van der Waals surface area contributed by atoms with Gasteiger partial charge in [-0.15, -0.1) is 30.4 Å². The first-order chi connectivity index (χ1) is 10.7. The fraction of sp³-hybridized carbons (Fsp3) is 0.471. The van der Waals surface area contributed by atoms with E-state index in [2.05, 4.69) is 15.8 Å². The third-order valence-electron chi connectivity index (χ3n) is 3.64. The van der Waals surface area contributed by atoms with Crippen molar-refractivity contribution < 1.29 is 9.47 Å². The summed E-state index contributed by atoms with van der Waals surface area (Å²) in [6.07, 6.45) is 8.87. The molecular formula is C17H24IN3O2. The quantitative estimate of drug-likeness (QED) is 0.339. The maximum Gasteiger partial charge on any atom is 0.191 e. The molecule has 1 aliphatic rings. The highest BCUT2D eigenvalue weighted by Crippen LogP contribution is 2.28. The van der Waals surface area contributed by atoms with Crippen molar-refractivity contribution in [3.8, 4) is 23.8 Å². The van der Waals surface area contributed by atoms with Crippen molar-refractivity contribution in [3.63, 3.8) is 0 Å². The molecule has 0 saturated carbocycles. The topological polar surface area (TPSA) is 60.1 Å². The SMILES string of the molecule is C#CCOc1cc(CN=C(N)N2CCCCC2)ccc1OC.I. The van der Waals surface area contributed by atoms with Crippen molar-refractivity contribution in [3.05, 3.63) is 23.8 Å². The lowest BCUT2D eigenvalue weighted by molar-refractivity contribution is 0.330. The Hall–Kier alpha value is -1.62. The van der Waals surface area contributed by atoms with Crippen molar-refractivity contribution in [1.82, 2.24) is 4.90 Å². The van der Waals surface area contributed by atoms with E-state index >= 15 is 0 Å². The van der Waals surface area contributed by atoms with Crippen LogP contribution in [-0.2, 0) is 6.54 Å². The van der Waals surface area contributed by atoms with E-state index in [0.29, 0.717) is 24.0 Å². The summed E-state index contributed by atoms with van der Waals surface area (Å²) in [5, 5.41) is 0. The molecule has 23 heavy (non-hydrogen) atoms. The second kappa shape index (κ2) is 10.2. The molecule has 1 heterocycles. The number of terminal acetylenes is 1. The Morgan fingerprint density at radius 2 is 2.04 bits per heavy atom. The minimum absolute atomic E-state index is 0. The van der Waals surface area contributed by atoms with Crippen LogP contribution in [-0.4, -0.2) is 37.7 Å². The number of hydrogen-bond donors (Lipinski definition) is 1. The number of methoxy groups -OCH3 is 1. The number of aliphatic imine (C=N–C) groups is 1. The summed E-state index contributed by atoms with van der Waals surface area (Å²) in [5.74, 6) is 4.35. The number of nitrogens with two attached hydrogens (primary N) is 1. The van der Waals surface area contributed by atoms with Gasteiger partial charge in [0.1, 0.15) is 6.61 Å². The number of likely N-dealkylation sites (tertiary alicyclic amines) is 1. The van der Waals surface area contributed by atoms with Gasteiger partial charge in [-0.25, -0.2) is 4.99 Å². The van der Waals surface area contributed by atoms with Crippen LogP contribution in [0.4, 0.5) is 0 Å². The first-order valence-corrected chi connectivity index (χ1v) is 7.52. The van der Waals surface area contributed by atoms with E-state index in [0.717, 1.165) is 18.7 Å². The molecule has 0 aliphatic carbocycles. The molecule has 5 nitrogen and oxygen atoms in total. The molecule has 0 bridgehead atoms. The molecule has 0 atom stereocenters. The molecule has 1 aromatic rings. The number of hydrogen-bond acceptors (Lipinski definition) is 3. The van der Waals surface area contributed by atoms with Crippen LogP contribution in [0, 0.1) is 12.3 Å². The summed E-state index contributed by atoms with van der Waals surface area (Å²) < 4.78 is 10.7. The Morgan fingerprint density at radius 3 is 2.70 bits per heavy atom. The number of piperidine rings is 1. The summed E-state index contributed by atoms with van der Waals surface area (Å²) in [5.41, 5.74) is 7.07. The van der Waals surface area contributed by atoms with E-state index in [1.54, 1.807) is 7.11 Å². The molecule has 0 aromatic heterocycles. The van der Waals surface area contributed by atoms with E-state index < -0.39 is 0 Å². The lowest BCUT2D eigenvalue weighted by Crippen LogP contribution is -2.40. The van der Waals surface area contributed by atoms with Crippen molar-refractivity contribution in [2.24, 2.45) is 10.7 Å². The standard InChI is InChI=1S/C17H23N3O2.HI/c1-3-11-22-16-12-14(7-8-15(16)21-2)13-19-17(18)20-9-5-4-6-10-20;/h1,7-8,12H,4-6,9-11,13H2,2H3,(H2,18,19);1H. The molecule has 0 amide bonds. The van der Waals surface area contributed by atoms with Gasteiger partial charge in [0.2, 0.25) is 0 Å². The van der Waals surface area contributed by atoms with Crippen LogP contribution in [0.15, 0.2) is 23.2 Å². The normalized spacial score (nSPS) is 14.6. The molecule has 2 rings (SSSR count). The average molecular weight is 429 g/mol. The lowest BCUT2D eigenvalue weighted by atomic mass is 10.1. The fourth-order valence-corrected chi connectivity index (χ4v) is 2.45. The van der Waals surface area contributed by atoms with E-state index in [1.807, 2.05) is 18.2 Å². The number of halogens is 1. The van der Waals surface area contributed by atoms with Gasteiger partial charge < -0.3 is 20.1 Å². The van der Waals surface area contributed by atoms with Gasteiger partial charge in [0, 0.05) is 13.1 Å². The molecule has 0 radical (unpaired) electrons. The highest BCUT2D eigenvalue weighted by Gasteiger charge is 2.12. The number of nitrogens with zero attached hydrogens (tertiary/aromatic N) is 2. The van der Waals surface area contributed by atoms with Crippen molar-refractivity contribution in [1.29, 1.82) is 0 Å². The van der Waals surface area contributed by atoms with E-state index in [9.17, 15) is 0 Å². The zero-order chi connectivity index (χ0) is 15.8. The predicted molar refractivity (Wildman–Crippen MR) is 103 cm³/mol. The van der Waals surface area contributed by atoms with Crippen LogP contribution in [0.1, 0.15) is 24.8 Å². The molecule has 1 saturated heterocycles. The fourth-order valence-electron chi connectivity index (χ4n) is 2.45. The number of rotatable bonds is 5. The number of guanidine groups is 1. The highest BCUT2D eigenvalue weighted by atomic mass is 127. The average Bonchev–Trinajstić information content (AvgIpc) is 2.58. The van der Waals surface area contributed by atoms with E-state index in [1.165, 1.54) is 19.3 Å². The van der Waals surface area contributed by atoms with Crippen molar-refractivity contribution in [2.45, 2.75) is 25.8 Å². The van der Waals surface area contributed by atoms with Gasteiger partial charge in [0.15, 0.2) is 17.5 Å². The first-order valence-electron chi connectivity index (χ1n) is 7.52. The van der Waals surface area contributed by atoms with Gasteiger partial charge in [-0.2, -0.15) is 0 Å². The third-order valence-corrected chi connectivity index (χ3v) is 3.64. The van der Waals surface area contributed by atoms with Crippen LogP contribution in [0.2, 0.25) is 0 Å². The molecule has 0 spiro atoms. The van der Waals surface area contributed by atoms with E-state index in [4.69, 9.17) is 21.6 Å². The highest BCUT2D eigenvalue weighted by molar-refractivity contribution is 14.0. The third kappa shape index (κ3) is 5.82.